The van der Waals surface area contributed by atoms with Gasteiger partial charge in [0.1, 0.15) is 42.7 Å². The molecular formula is C22H26O13. The van der Waals surface area contributed by atoms with E-state index < -0.39 is 97.3 Å². The van der Waals surface area contributed by atoms with Crippen LogP contribution >= 0.6 is 0 Å². The number of ether oxygens (including phenoxy) is 5. The van der Waals surface area contributed by atoms with Gasteiger partial charge in [-0.3, -0.25) is 0 Å². The van der Waals surface area contributed by atoms with Crippen molar-refractivity contribution in [3.8, 4) is 11.5 Å². The highest BCUT2D eigenvalue weighted by Crippen LogP contribution is 2.59. The Balaban J connectivity index is 1.26. The van der Waals surface area contributed by atoms with Gasteiger partial charge in [0.25, 0.3) is 0 Å². The number of esters is 1. The second-order valence-electron chi connectivity index (χ2n) is 9.03. The lowest BCUT2D eigenvalue weighted by Crippen LogP contribution is -2.60. The van der Waals surface area contributed by atoms with Crippen molar-refractivity contribution in [3.63, 3.8) is 0 Å². The van der Waals surface area contributed by atoms with E-state index in [0.717, 1.165) is 12.1 Å². The summed E-state index contributed by atoms with van der Waals surface area (Å²) in [5, 5.41) is 70.3. The van der Waals surface area contributed by atoms with Gasteiger partial charge in [-0.25, -0.2) is 4.79 Å². The molecule has 1 aromatic rings. The maximum atomic E-state index is 12.3. The zero-order chi connectivity index (χ0) is 25.1. The number of fused-ring (bicyclic) bond motifs is 3. The molecule has 2 saturated heterocycles. The third-order valence-electron chi connectivity index (χ3n) is 7.03. The molecule has 7 N–H and O–H groups in total. The fourth-order valence-electron chi connectivity index (χ4n) is 5.05. The largest absolute Gasteiger partial charge is 0.504 e. The fraction of sp³-hybridized carbons (Fsp3) is 0.591. The van der Waals surface area contributed by atoms with Gasteiger partial charge in [-0.05, 0) is 24.3 Å². The smallest absolute Gasteiger partial charge is 0.338 e. The molecule has 0 spiro atoms. The number of aromatic hydroxyl groups is 2. The lowest BCUT2D eigenvalue weighted by atomic mass is 9.85. The number of epoxide rings is 1. The molecule has 13 nitrogen and oxygen atoms in total. The topological polar surface area (TPSA) is 208 Å². The lowest BCUT2D eigenvalue weighted by molar-refractivity contribution is -0.344. The van der Waals surface area contributed by atoms with Crippen molar-refractivity contribution in [2.75, 3.05) is 13.2 Å². The molecule has 11 atom stereocenters. The van der Waals surface area contributed by atoms with E-state index in [9.17, 15) is 40.5 Å². The summed E-state index contributed by atoms with van der Waals surface area (Å²) in [6.07, 6.45) is -7.59. The van der Waals surface area contributed by atoms with Crippen LogP contribution in [-0.4, -0.2) is 110 Å². The minimum Gasteiger partial charge on any atom is -0.504 e. The van der Waals surface area contributed by atoms with Gasteiger partial charge < -0.3 is 59.4 Å². The molecule has 0 radical (unpaired) electrons. The van der Waals surface area contributed by atoms with E-state index >= 15 is 0 Å². The molecule has 0 amide bonds. The first-order valence-corrected chi connectivity index (χ1v) is 11.0. The average Bonchev–Trinajstić information content (AvgIpc) is 3.54. The molecule has 192 valence electrons. The first kappa shape index (κ1) is 24.2. The Labute approximate surface area is 198 Å². The number of phenols is 2. The molecular weight excluding hydrogens is 472 g/mol. The Kier molecular flexibility index (Phi) is 6.14. The molecule has 1 aliphatic carbocycles. The Morgan fingerprint density at radius 2 is 1.77 bits per heavy atom. The highest BCUT2D eigenvalue weighted by atomic mass is 16.8. The Morgan fingerprint density at radius 3 is 2.49 bits per heavy atom. The summed E-state index contributed by atoms with van der Waals surface area (Å²) < 4.78 is 27.5. The van der Waals surface area contributed by atoms with Gasteiger partial charge in [-0.2, -0.15) is 0 Å². The number of hydrogen-bond donors (Lipinski definition) is 7. The summed E-state index contributed by atoms with van der Waals surface area (Å²) in [6, 6.07) is 3.30. The number of carbonyl (C=O) groups excluding carboxylic acids is 1. The van der Waals surface area contributed by atoms with E-state index in [2.05, 4.69) is 0 Å². The highest BCUT2D eigenvalue weighted by molar-refractivity contribution is 5.90. The Bertz CT molecular complexity index is 1000. The van der Waals surface area contributed by atoms with Crippen molar-refractivity contribution in [3.05, 3.63) is 36.1 Å². The van der Waals surface area contributed by atoms with Gasteiger partial charge in [0.05, 0.1) is 30.5 Å². The highest BCUT2D eigenvalue weighted by Gasteiger charge is 2.75. The van der Waals surface area contributed by atoms with Crippen LogP contribution in [0.15, 0.2) is 30.5 Å². The monoisotopic (exact) mass is 498 g/mol. The van der Waals surface area contributed by atoms with Crippen molar-refractivity contribution in [2.24, 2.45) is 11.8 Å². The van der Waals surface area contributed by atoms with Crippen LogP contribution in [0.25, 0.3) is 0 Å². The minimum atomic E-state index is -1.73. The van der Waals surface area contributed by atoms with E-state index in [1.54, 1.807) is 6.08 Å². The van der Waals surface area contributed by atoms with E-state index in [1.807, 2.05) is 0 Å². The fourth-order valence-corrected chi connectivity index (χ4v) is 5.05. The van der Waals surface area contributed by atoms with Crippen molar-refractivity contribution >= 4 is 5.97 Å². The summed E-state index contributed by atoms with van der Waals surface area (Å²) in [4.78, 5) is 12.3. The van der Waals surface area contributed by atoms with Crippen LogP contribution in [0.1, 0.15) is 10.4 Å². The van der Waals surface area contributed by atoms with Crippen molar-refractivity contribution in [1.29, 1.82) is 0 Å². The molecule has 35 heavy (non-hydrogen) atoms. The summed E-state index contributed by atoms with van der Waals surface area (Å²) in [5.41, 5.74) is -1.16. The first-order chi connectivity index (χ1) is 16.7. The van der Waals surface area contributed by atoms with Gasteiger partial charge in [-0.1, -0.05) is 0 Å². The average molecular weight is 498 g/mol. The molecule has 5 rings (SSSR count). The number of phenolic OH excluding ortho intramolecular Hbond substituents is 2. The predicted molar refractivity (Wildman–Crippen MR) is 110 cm³/mol. The third kappa shape index (κ3) is 3.93. The summed E-state index contributed by atoms with van der Waals surface area (Å²) in [6.45, 7) is -0.943. The van der Waals surface area contributed by atoms with E-state index in [-0.39, 0.29) is 5.56 Å². The van der Waals surface area contributed by atoms with Crippen LogP contribution in [0.2, 0.25) is 0 Å². The SMILES string of the molecule is O=C(OC[C@H]1O[C@@H](O[C@@H]2OC=C[C@H]3[C@H](O)[C@@H]4O[C@]4(CO)[C@@H]23)[C@H](O)[C@@H](O)[C@@H]1O)c1ccc(O)c(O)c1. The van der Waals surface area contributed by atoms with Crippen molar-refractivity contribution in [2.45, 2.75) is 54.8 Å². The summed E-state index contributed by atoms with van der Waals surface area (Å²) >= 11 is 0. The maximum absolute atomic E-state index is 12.3. The summed E-state index contributed by atoms with van der Waals surface area (Å²) in [7, 11) is 0. The van der Waals surface area contributed by atoms with Crippen molar-refractivity contribution < 1.29 is 64.2 Å². The number of benzene rings is 1. The first-order valence-electron chi connectivity index (χ1n) is 11.0. The van der Waals surface area contributed by atoms with Crippen LogP contribution in [0.3, 0.4) is 0 Å². The van der Waals surface area contributed by atoms with Gasteiger partial charge >= 0.3 is 5.97 Å². The molecule has 1 saturated carbocycles. The number of aliphatic hydroxyl groups excluding tert-OH is 5. The number of hydrogen-bond acceptors (Lipinski definition) is 13. The number of carbonyl (C=O) groups is 1. The number of rotatable bonds is 6. The standard InChI is InChI=1S/C22H26O13/c23-7-22-13-9(14(26)18(22)35-22)3-4-31-20(13)34-21-17(29)16(28)15(27)12(33-21)6-32-19(30)8-1-2-10(24)11(25)5-8/h1-5,9,12-18,20-21,23-29H,6-7H2/t9-,12-,13-,14+,15-,16+,17-,18+,20+,21+,22-/m1/s1. The Morgan fingerprint density at radius 1 is 1.00 bits per heavy atom. The lowest BCUT2D eigenvalue weighted by Gasteiger charge is -2.43. The van der Waals surface area contributed by atoms with Crippen LogP contribution in [-0.2, 0) is 23.7 Å². The van der Waals surface area contributed by atoms with Crippen LogP contribution in [0.4, 0.5) is 0 Å². The molecule has 0 aromatic heterocycles. The van der Waals surface area contributed by atoms with Crippen LogP contribution in [0.5, 0.6) is 11.5 Å². The van der Waals surface area contributed by atoms with E-state index in [4.69, 9.17) is 23.7 Å². The van der Waals surface area contributed by atoms with Gasteiger partial charge in [0.15, 0.2) is 17.8 Å². The predicted octanol–water partition coefficient (Wildman–Crippen LogP) is -2.31. The zero-order valence-corrected chi connectivity index (χ0v) is 18.2. The van der Waals surface area contributed by atoms with Crippen LogP contribution in [0, 0.1) is 11.8 Å². The molecule has 0 bridgehead atoms. The van der Waals surface area contributed by atoms with E-state index in [0.29, 0.717) is 0 Å². The van der Waals surface area contributed by atoms with E-state index in [1.165, 1.54) is 12.3 Å². The zero-order valence-electron chi connectivity index (χ0n) is 18.2. The minimum absolute atomic E-state index is 0.0829. The molecule has 3 aliphatic heterocycles. The molecule has 0 unspecified atom stereocenters. The molecule has 3 fully saturated rings. The summed E-state index contributed by atoms with van der Waals surface area (Å²) in [5.74, 6) is -2.95. The van der Waals surface area contributed by atoms with Crippen molar-refractivity contribution in [1.82, 2.24) is 0 Å². The third-order valence-corrected chi connectivity index (χ3v) is 7.03. The Hall–Kier alpha value is -2.49. The van der Waals surface area contributed by atoms with Gasteiger partial charge in [0.2, 0.25) is 6.29 Å². The van der Waals surface area contributed by atoms with Crippen LogP contribution < -0.4 is 0 Å². The molecule has 3 heterocycles. The maximum Gasteiger partial charge on any atom is 0.338 e. The second kappa shape index (κ2) is 8.87. The second-order valence-corrected chi connectivity index (χ2v) is 9.03. The number of aliphatic hydroxyl groups is 5. The normalized spacial score (nSPS) is 43.7. The molecule has 1 aromatic carbocycles. The quantitative estimate of drug-likeness (QED) is 0.125. The van der Waals surface area contributed by atoms with Gasteiger partial charge in [0, 0.05) is 5.92 Å². The molecule has 4 aliphatic rings. The van der Waals surface area contributed by atoms with Gasteiger partial charge in [-0.15, -0.1) is 0 Å². The molecule has 13 heteroatoms.